The minimum absolute atomic E-state index is 0.0406. The van der Waals surface area contributed by atoms with Gasteiger partial charge in [0.05, 0.1) is 5.56 Å². The molecule has 1 aliphatic heterocycles. The quantitative estimate of drug-likeness (QED) is 0.363. The van der Waals surface area contributed by atoms with Crippen molar-refractivity contribution in [1.29, 1.82) is 0 Å². The first kappa shape index (κ1) is 28.9. The number of halogens is 2. The Morgan fingerprint density at radius 3 is 2.33 bits per heavy atom. The molecule has 1 heterocycles. The van der Waals surface area contributed by atoms with Crippen LogP contribution in [0.2, 0.25) is 5.02 Å². The van der Waals surface area contributed by atoms with E-state index in [1.165, 1.54) is 12.1 Å². The average Bonchev–Trinajstić information content (AvgIpc) is 3.19. The van der Waals surface area contributed by atoms with E-state index in [4.69, 9.17) is 11.6 Å². The fourth-order valence-electron chi connectivity index (χ4n) is 4.46. The molecule has 10 heteroatoms. The van der Waals surface area contributed by atoms with Crippen molar-refractivity contribution >= 4 is 40.8 Å². The van der Waals surface area contributed by atoms with Gasteiger partial charge in [0.1, 0.15) is 5.82 Å². The summed E-state index contributed by atoms with van der Waals surface area (Å²) in [5.41, 5.74) is 2.74. The highest BCUT2D eigenvalue weighted by atomic mass is 35.5. The predicted molar refractivity (Wildman–Crippen MR) is 155 cm³/mol. The third-order valence-electron chi connectivity index (χ3n) is 6.51. The molecule has 0 bridgehead atoms. The van der Waals surface area contributed by atoms with E-state index in [1.807, 2.05) is 19.9 Å². The Bertz CT molecular complexity index is 1350. The van der Waals surface area contributed by atoms with E-state index < -0.39 is 0 Å². The number of carbonyl (C=O) groups excluding carboxylic acids is 3. The topological polar surface area (TPSA) is 93.8 Å². The number of rotatable bonds is 7. The summed E-state index contributed by atoms with van der Waals surface area (Å²) < 4.78 is 13.3. The van der Waals surface area contributed by atoms with Crippen molar-refractivity contribution in [2.24, 2.45) is 0 Å². The maximum atomic E-state index is 13.5. The number of carbonyl (C=O) groups is 3. The molecule has 1 fully saturated rings. The highest BCUT2D eigenvalue weighted by Gasteiger charge is 2.23. The van der Waals surface area contributed by atoms with Gasteiger partial charge in [0.25, 0.3) is 11.8 Å². The van der Waals surface area contributed by atoms with Crippen LogP contribution in [0.4, 0.5) is 20.6 Å². The van der Waals surface area contributed by atoms with E-state index in [0.717, 1.165) is 12.0 Å². The molecule has 210 valence electrons. The minimum Gasteiger partial charge on any atom is -0.369 e. The van der Waals surface area contributed by atoms with Gasteiger partial charge in [-0.05, 0) is 80.4 Å². The lowest BCUT2D eigenvalue weighted by atomic mass is 10.1. The van der Waals surface area contributed by atoms with Crippen LogP contribution < -0.4 is 20.9 Å². The standard InChI is InChI=1S/C30H33ClFN5O3/c1-20(2)34-30(40)37-15-3-14-36(16-17-37)27-13-12-25(35-28(38)22-6-8-23(31)9-7-22)18-26(27)29(39)33-19-21-4-10-24(32)11-5-21/h4-13,18,20H,3,14-17,19H2,1-2H3,(H,33,39)(H,34,40)(H,35,38). The third-order valence-corrected chi connectivity index (χ3v) is 6.76. The largest absolute Gasteiger partial charge is 0.369 e. The average molecular weight is 566 g/mol. The van der Waals surface area contributed by atoms with Crippen LogP contribution in [0.3, 0.4) is 0 Å². The van der Waals surface area contributed by atoms with Gasteiger partial charge in [0, 0.05) is 60.7 Å². The fraction of sp³-hybridized carbons (Fsp3) is 0.300. The molecule has 4 rings (SSSR count). The molecular formula is C30H33ClFN5O3. The summed E-state index contributed by atoms with van der Waals surface area (Å²) in [6.07, 6.45) is 0.733. The summed E-state index contributed by atoms with van der Waals surface area (Å²) in [6.45, 7) is 6.36. The normalized spacial score (nSPS) is 13.5. The molecule has 3 aromatic rings. The first-order valence-corrected chi connectivity index (χ1v) is 13.6. The van der Waals surface area contributed by atoms with Crippen molar-refractivity contribution in [1.82, 2.24) is 15.5 Å². The Morgan fingerprint density at radius 2 is 1.62 bits per heavy atom. The van der Waals surface area contributed by atoms with E-state index in [0.29, 0.717) is 53.7 Å². The van der Waals surface area contributed by atoms with Gasteiger partial charge in [-0.15, -0.1) is 0 Å². The van der Waals surface area contributed by atoms with Crippen LogP contribution in [0.5, 0.6) is 0 Å². The molecule has 8 nitrogen and oxygen atoms in total. The predicted octanol–water partition coefficient (Wildman–Crippen LogP) is 5.29. The molecule has 1 saturated heterocycles. The molecule has 0 unspecified atom stereocenters. The lowest BCUT2D eigenvalue weighted by Crippen LogP contribution is -2.44. The Morgan fingerprint density at radius 1 is 0.900 bits per heavy atom. The lowest BCUT2D eigenvalue weighted by molar-refractivity contribution is 0.0950. The second kappa shape index (κ2) is 13.3. The molecule has 3 N–H and O–H groups in total. The van der Waals surface area contributed by atoms with Crippen LogP contribution in [0.15, 0.2) is 66.7 Å². The van der Waals surface area contributed by atoms with Crippen LogP contribution in [0.25, 0.3) is 0 Å². The van der Waals surface area contributed by atoms with Crippen LogP contribution in [0.1, 0.15) is 46.5 Å². The number of benzene rings is 3. The highest BCUT2D eigenvalue weighted by Crippen LogP contribution is 2.27. The monoisotopic (exact) mass is 565 g/mol. The van der Waals surface area contributed by atoms with Crippen molar-refractivity contribution in [3.05, 3.63) is 94.3 Å². The van der Waals surface area contributed by atoms with Crippen LogP contribution in [-0.2, 0) is 6.54 Å². The van der Waals surface area contributed by atoms with Gasteiger partial charge in [-0.1, -0.05) is 23.7 Å². The number of hydrogen-bond acceptors (Lipinski definition) is 4. The van der Waals surface area contributed by atoms with Gasteiger partial charge in [0.15, 0.2) is 0 Å². The van der Waals surface area contributed by atoms with E-state index in [2.05, 4.69) is 20.9 Å². The van der Waals surface area contributed by atoms with Gasteiger partial charge in [-0.25, -0.2) is 9.18 Å². The molecule has 0 spiro atoms. The summed E-state index contributed by atoms with van der Waals surface area (Å²) >= 11 is 5.94. The van der Waals surface area contributed by atoms with Gasteiger partial charge >= 0.3 is 6.03 Å². The summed E-state index contributed by atoms with van der Waals surface area (Å²) in [4.78, 5) is 42.7. The molecule has 0 radical (unpaired) electrons. The van der Waals surface area contributed by atoms with Gasteiger partial charge in [0.2, 0.25) is 0 Å². The molecule has 0 atom stereocenters. The summed E-state index contributed by atoms with van der Waals surface area (Å²) in [5.74, 6) is -1.01. The Balaban J connectivity index is 1.56. The van der Waals surface area contributed by atoms with E-state index >= 15 is 0 Å². The molecule has 3 aromatic carbocycles. The molecular weight excluding hydrogens is 533 g/mol. The number of hydrogen-bond donors (Lipinski definition) is 3. The third kappa shape index (κ3) is 7.72. The number of urea groups is 1. The highest BCUT2D eigenvalue weighted by molar-refractivity contribution is 6.30. The van der Waals surface area contributed by atoms with Crippen LogP contribution >= 0.6 is 11.6 Å². The van der Waals surface area contributed by atoms with Gasteiger partial charge in [-0.3, -0.25) is 9.59 Å². The molecule has 0 aromatic heterocycles. The van der Waals surface area contributed by atoms with Crippen molar-refractivity contribution in [2.45, 2.75) is 32.9 Å². The number of anilines is 2. The minimum atomic E-state index is -0.348. The molecule has 40 heavy (non-hydrogen) atoms. The van der Waals surface area contributed by atoms with Crippen LogP contribution in [-0.4, -0.2) is 55.0 Å². The second-order valence-electron chi connectivity index (χ2n) is 9.93. The summed E-state index contributed by atoms with van der Waals surface area (Å²) in [6, 6.07) is 17.6. The number of amides is 4. The Labute approximate surface area is 238 Å². The Hall–Kier alpha value is -4.11. The van der Waals surface area contributed by atoms with Gasteiger partial charge < -0.3 is 25.8 Å². The number of nitrogens with zero attached hydrogens (tertiary/aromatic N) is 2. The smallest absolute Gasteiger partial charge is 0.317 e. The molecule has 4 amide bonds. The second-order valence-corrected chi connectivity index (χ2v) is 10.4. The van der Waals surface area contributed by atoms with Crippen LogP contribution in [0, 0.1) is 5.82 Å². The van der Waals surface area contributed by atoms with Crippen molar-refractivity contribution in [2.75, 3.05) is 36.4 Å². The van der Waals surface area contributed by atoms with Crippen molar-refractivity contribution in [3.63, 3.8) is 0 Å². The Kier molecular flexibility index (Phi) is 9.60. The maximum absolute atomic E-state index is 13.5. The summed E-state index contributed by atoms with van der Waals surface area (Å²) in [5, 5.41) is 9.22. The lowest BCUT2D eigenvalue weighted by Gasteiger charge is -2.26. The number of nitrogens with one attached hydrogen (secondary N) is 3. The van der Waals surface area contributed by atoms with Crippen molar-refractivity contribution in [3.8, 4) is 0 Å². The fourth-order valence-corrected chi connectivity index (χ4v) is 4.58. The molecule has 0 saturated carbocycles. The van der Waals surface area contributed by atoms with E-state index in [-0.39, 0.29) is 36.2 Å². The molecule has 1 aliphatic rings. The zero-order chi connectivity index (χ0) is 28.6. The zero-order valence-electron chi connectivity index (χ0n) is 22.5. The van der Waals surface area contributed by atoms with E-state index in [9.17, 15) is 18.8 Å². The first-order chi connectivity index (χ1) is 19.2. The van der Waals surface area contributed by atoms with E-state index in [1.54, 1.807) is 53.4 Å². The van der Waals surface area contributed by atoms with Gasteiger partial charge in [-0.2, -0.15) is 0 Å². The summed E-state index contributed by atoms with van der Waals surface area (Å²) in [7, 11) is 0. The SMILES string of the molecule is CC(C)NC(=O)N1CCCN(c2ccc(NC(=O)c3ccc(Cl)cc3)cc2C(=O)NCc2ccc(F)cc2)CC1. The molecule has 0 aliphatic carbocycles. The first-order valence-electron chi connectivity index (χ1n) is 13.2. The zero-order valence-corrected chi connectivity index (χ0v) is 23.3. The van der Waals surface area contributed by atoms with Crippen molar-refractivity contribution < 1.29 is 18.8 Å². The maximum Gasteiger partial charge on any atom is 0.317 e.